The average molecular weight is 614 g/mol. The van der Waals surface area contributed by atoms with Crippen LogP contribution in [0.4, 0.5) is 11.4 Å². The highest BCUT2D eigenvalue weighted by molar-refractivity contribution is 8.02. The standard InChI is InChI=1S/C35H39N3O5S/c1-5-43-25-16-14-24(15-17-25)36-32(40)28-27-18-22(4)35(44-27)29(28)34(42)38(26(19-39)23-12-7-6-8-13-23)31(35)33(41)37-30-20(2)10-9-11-21(30)3/h6-17,22,26-29,31,39H,5,18-19H2,1-4H3,(H,36,40)(H,37,41)/t22?,26-,27-,28+,29+,31?,35?/m1/s1. The average Bonchev–Trinajstić information content (AvgIpc) is 3.61. The van der Waals surface area contributed by atoms with Gasteiger partial charge in [0.05, 0.1) is 35.8 Å². The molecule has 3 fully saturated rings. The number of ether oxygens (including phenoxy) is 1. The number of thioether (sulfide) groups is 1. The molecule has 3 aromatic rings. The van der Waals surface area contributed by atoms with Crippen LogP contribution in [0.25, 0.3) is 0 Å². The number of rotatable bonds is 9. The molecule has 3 aliphatic rings. The van der Waals surface area contributed by atoms with Crippen molar-refractivity contribution in [3.8, 4) is 5.75 Å². The summed E-state index contributed by atoms with van der Waals surface area (Å²) in [5.74, 6) is -1.40. The molecule has 3 heterocycles. The highest BCUT2D eigenvalue weighted by atomic mass is 32.2. The number of carbonyl (C=O) groups is 3. The maximum absolute atomic E-state index is 14.7. The monoisotopic (exact) mass is 613 g/mol. The van der Waals surface area contributed by atoms with E-state index in [0.717, 1.165) is 22.4 Å². The first-order valence-corrected chi connectivity index (χ1v) is 16.2. The molecule has 3 saturated heterocycles. The van der Waals surface area contributed by atoms with Gasteiger partial charge in [-0.05, 0) is 74.1 Å². The Morgan fingerprint density at radius 2 is 1.68 bits per heavy atom. The lowest BCUT2D eigenvalue weighted by Gasteiger charge is -2.40. The molecule has 3 amide bonds. The van der Waals surface area contributed by atoms with Crippen molar-refractivity contribution in [2.45, 2.75) is 56.2 Å². The van der Waals surface area contributed by atoms with Gasteiger partial charge in [-0.25, -0.2) is 0 Å². The molecular formula is C35H39N3O5S. The van der Waals surface area contributed by atoms with Crippen molar-refractivity contribution in [1.82, 2.24) is 4.90 Å². The van der Waals surface area contributed by atoms with Crippen LogP contribution in [0.2, 0.25) is 0 Å². The van der Waals surface area contributed by atoms with E-state index >= 15 is 0 Å². The van der Waals surface area contributed by atoms with E-state index in [4.69, 9.17) is 4.74 Å². The molecule has 3 unspecified atom stereocenters. The summed E-state index contributed by atoms with van der Waals surface area (Å²) in [4.78, 5) is 44.8. The number of aliphatic hydroxyl groups is 1. The molecule has 7 atom stereocenters. The van der Waals surface area contributed by atoms with E-state index < -0.39 is 28.7 Å². The summed E-state index contributed by atoms with van der Waals surface area (Å²) in [6.45, 7) is 8.09. The number of nitrogens with one attached hydrogen (secondary N) is 2. The topological polar surface area (TPSA) is 108 Å². The van der Waals surface area contributed by atoms with Crippen molar-refractivity contribution < 1.29 is 24.2 Å². The van der Waals surface area contributed by atoms with Gasteiger partial charge in [-0.15, -0.1) is 11.8 Å². The predicted molar refractivity (Wildman–Crippen MR) is 173 cm³/mol. The first-order chi connectivity index (χ1) is 21.2. The maximum Gasteiger partial charge on any atom is 0.248 e. The normalized spacial score (nSPS) is 27.6. The molecule has 0 saturated carbocycles. The van der Waals surface area contributed by atoms with Crippen molar-refractivity contribution in [2.24, 2.45) is 17.8 Å². The van der Waals surface area contributed by atoms with Gasteiger partial charge < -0.3 is 25.4 Å². The molecule has 0 radical (unpaired) electrons. The van der Waals surface area contributed by atoms with Crippen LogP contribution >= 0.6 is 11.8 Å². The van der Waals surface area contributed by atoms with E-state index in [9.17, 15) is 19.5 Å². The number of fused-ring (bicyclic) bond motifs is 1. The summed E-state index contributed by atoms with van der Waals surface area (Å²) in [5.41, 5.74) is 3.94. The van der Waals surface area contributed by atoms with Crippen LogP contribution in [0.3, 0.4) is 0 Å². The number of hydrogen-bond donors (Lipinski definition) is 3. The highest BCUT2D eigenvalue weighted by Gasteiger charge is 2.76. The number of para-hydroxylation sites is 1. The zero-order valence-corrected chi connectivity index (χ0v) is 26.3. The Bertz CT molecular complexity index is 1540. The van der Waals surface area contributed by atoms with Crippen LogP contribution in [0.1, 0.15) is 43.0 Å². The number of amides is 3. The van der Waals surface area contributed by atoms with Gasteiger partial charge >= 0.3 is 0 Å². The number of aryl methyl sites for hydroxylation is 2. The van der Waals surface area contributed by atoms with Gasteiger partial charge in [0.15, 0.2) is 0 Å². The molecule has 9 heteroatoms. The third-order valence-electron chi connectivity index (χ3n) is 9.59. The van der Waals surface area contributed by atoms with Gasteiger partial charge in [-0.1, -0.05) is 55.5 Å². The van der Waals surface area contributed by atoms with Crippen molar-refractivity contribution in [3.05, 3.63) is 89.5 Å². The molecular weight excluding hydrogens is 574 g/mol. The Kier molecular flexibility index (Phi) is 8.20. The molecule has 0 aliphatic carbocycles. The largest absolute Gasteiger partial charge is 0.494 e. The maximum atomic E-state index is 14.7. The number of benzene rings is 3. The molecule has 3 aromatic carbocycles. The van der Waals surface area contributed by atoms with Gasteiger partial charge in [0.25, 0.3) is 0 Å². The summed E-state index contributed by atoms with van der Waals surface area (Å²) in [5, 5.41) is 16.8. The Labute approximate surface area is 262 Å². The van der Waals surface area contributed by atoms with Crippen molar-refractivity contribution in [3.63, 3.8) is 0 Å². The molecule has 6 rings (SSSR count). The molecule has 44 heavy (non-hydrogen) atoms. The Morgan fingerprint density at radius 3 is 2.32 bits per heavy atom. The van der Waals surface area contributed by atoms with Gasteiger partial charge in [0.2, 0.25) is 17.7 Å². The van der Waals surface area contributed by atoms with E-state index in [1.54, 1.807) is 40.9 Å². The lowest BCUT2D eigenvalue weighted by molar-refractivity contribution is -0.141. The Hall–Kier alpha value is -3.82. The summed E-state index contributed by atoms with van der Waals surface area (Å²) in [7, 11) is 0. The molecule has 1 spiro atoms. The number of carbonyl (C=O) groups excluding carboxylic acids is 3. The second-order valence-electron chi connectivity index (χ2n) is 12.1. The van der Waals surface area contributed by atoms with E-state index in [1.165, 1.54) is 0 Å². The molecule has 230 valence electrons. The minimum atomic E-state index is -0.885. The predicted octanol–water partition coefficient (Wildman–Crippen LogP) is 5.35. The van der Waals surface area contributed by atoms with E-state index in [2.05, 4.69) is 17.6 Å². The molecule has 3 N–H and O–H groups in total. The highest BCUT2D eigenvalue weighted by Crippen LogP contribution is 2.69. The SMILES string of the molecule is CCOc1ccc(NC(=O)[C@@H]2[C@H]3C(=O)N([C@H](CO)c4ccccc4)C(C(=O)Nc4c(C)cccc4C)C34S[C@@H]2CC4C)cc1. The quantitative estimate of drug-likeness (QED) is 0.300. The third kappa shape index (κ3) is 4.86. The molecule has 2 bridgehead atoms. The van der Waals surface area contributed by atoms with Crippen LogP contribution < -0.4 is 15.4 Å². The van der Waals surface area contributed by atoms with Crippen LogP contribution in [0.15, 0.2) is 72.8 Å². The van der Waals surface area contributed by atoms with E-state index in [-0.39, 0.29) is 35.5 Å². The number of anilines is 2. The van der Waals surface area contributed by atoms with E-state index in [0.29, 0.717) is 24.5 Å². The third-order valence-corrected chi connectivity index (χ3v) is 11.7. The molecule has 3 aliphatic heterocycles. The summed E-state index contributed by atoms with van der Waals surface area (Å²) in [6.07, 6.45) is 0.714. The van der Waals surface area contributed by atoms with Crippen LogP contribution in [0.5, 0.6) is 5.75 Å². The minimum Gasteiger partial charge on any atom is -0.494 e. The van der Waals surface area contributed by atoms with Crippen molar-refractivity contribution in [1.29, 1.82) is 0 Å². The van der Waals surface area contributed by atoms with Crippen LogP contribution in [-0.2, 0) is 14.4 Å². The zero-order valence-electron chi connectivity index (χ0n) is 25.4. The second kappa shape index (κ2) is 11.9. The number of aliphatic hydroxyl groups excluding tert-OH is 1. The lowest BCUT2D eigenvalue weighted by Crippen LogP contribution is -2.55. The van der Waals surface area contributed by atoms with Gasteiger partial charge in [-0.2, -0.15) is 0 Å². The summed E-state index contributed by atoms with van der Waals surface area (Å²) < 4.78 is 4.71. The van der Waals surface area contributed by atoms with E-state index in [1.807, 2.05) is 69.3 Å². The summed E-state index contributed by atoms with van der Waals surface area (Å²) >= 11 is 1.61. The number of hydrogen-bond acceptors (Lipinski definition) is 6. The number of nitrogens with zero attached hydrogens (tertiary/aromatic N) is 1. The van der Waals surface area contributed by atoms with Crippen LogP contribution in [-0.4, -0.2) is 57.0 Å². The van der Waals surface area contributed by atoms with Gasteiger partial charge in [0, 0.05) is 16.6 Å². The number of likely N-dealkylation sites (tertiary alicyclic amines) is 1. The second-order valence-corrected chi connectivity index (χ2v) is 13.7. The van der Waals surface area contributed by atoms with Gasteiger partial charge in [-0.3, -0.25) is 14.4 Å². The van der Waals surface area contributed by atoms with Crippen molar-refractivity contribution >= 4 is 40.9 Å². The molecule has 0 aromatic heterocycles. The summed E-state index contributed by atoms with van der Waals surface area (Å²) in [6, 6.07) is 20.7. The van der Waals surface area contributed by atoms with Gasteiger partial charge in [0.1, 0.15) is 11.8 Å². The fourth-order valence-corrected chi connectivity index (χ4v) is 10.1. The smallest absolute Gasteiger partial charge is 0.248 e. The molecule has 8 nitrogen and oxygen atoms in total. The fraction of sp³-hybridized carbons (Fsp3) is 0.400. The fourth-order valence-electron chi connectivity index (χ4n) is 7.65. The zero-order chi connectivity index (χ0) is 31.2. The Balaban J connectivity index is 1.40. The Morgan fingerprint density at radius 1 is 1.00 bits per heavy atom. The lowest BCUT2D eigenvalue weighted by atomic mass is 9.65. The first kappa shape index (κ1) is 30.2. The van der Waals surface area contributed by atoms with Crippen molar-refractivity contribution in [2.75, 3.05) is 23.8 Å². The first-order valence-electron chi connectivity index (χ1n) is 15.3. The minimum absolute atomic E-state index is 0.00481. The van der Waals surface area contributed by atoms with Crippen LogP contribution in [0, 0.1) is 31.6 Å².